The molecule has 0 bridgehead atoms. The number of fused-ring (bicyclic) bond motifs is 2. The summed E-state index contributed by atoms with van der Waals surface area (Å²) in [7, 11) is 6.29. The highest BCUT2D eigenvalue weighted by atomic mass is 15.3. The second-order valence-electron chi connectivity index (χ2n) is 9.58. The number of anilines is 1. The first-order valence-corrected chi connectivity index (χ1v) is 11.9. The molecule has 0 spiro atoms. The number of hydrogen-bond acceptors (Lipinski definition) is 7. The zero-order valence-electron chi connectivity index (χ0n) is 20.3. The molecule has 0 radical (unpaired) electrons. The van der Waals surface area contributed by atoms with E-state index in [0.29, 0.717) is 0 Å². The second kappa shape index (κ2) is 8.75. The first-order valence-electron chi connectivity index (χ1n) is 11.9. The molecule has 0 saturated carbocycles. The van der Waals surface area contributed by atoms with Crippen LogP contribution in [0.1, 0.15) is 5.56 Å². The average molecular weight is 468 g/mol. The van der Waals surface area contributed by atoms with Gasteiger partial charge in [0, 0.05) is 56.1 Å². The molecule has 1 aromatic carbocycles. The summed E-state index contributed by atoms with van der Waals surface area (Å²) in [5.41, 5.74) is 8.08. The largest absolute Gasteiger partial charge is 0.366 e. The van der Waals surface area contributed by atoms with Crippen molar-refractivity contribution in [3.05, 3.63) is 54.6 Å². The van der Waals surface area contributed by atoms with Crippen LogP contribution in [0.2, 0.25) is 0 Å². The second-order valence-corrected chi connectivity index (χ2v) is 9.58. The Balaban J connectivity index is 1.39. The zero-order valence-corrected chi connectivity index (χ0v) is 20.3. The Hall–Kier alpha value is -3.82. The quantitative estimate of drug-likeness (QED) is 0.409. The molecule has 6 rings (SSSR count). The molecule has 1 aliphatic rings. The molecule has 2 N–H and O–H groups in total. The topological polar surface area (TPSA) is 92.9 Å². The number of rotatable bonds is 5. The Morgan fingerprint density at radius 1 is 0.914 bits per heavy atom. The lowest BCUT2D eigenvalue weighted by Gasteiger charge is -2.33. The molecule has 0 unspecified atom stereocenters. The molecule has 5 aromatic rings. The minimum Gasteiger partial charge on any atom is -0.366 e. The highest BCUT2D eigenvalue weighted by molar-refractivity contribution is 5.97. The van der Waals surface area contributed by atoms with E-state index >= 15 is 0 Å². The first kappa shape index (κ1) is 21.7. The summed E-state index contributed by atoms with van der Waals surface area (Å²) >= 11 is 0. The van der Waals surface area contributed by atoms with Gasteiger partial charge in [-0.05, 0) is 50.5 Å². The first-order chi connectivity index (χ1) is 17.0. The number of imidazole rings is 1. The van der Waals surface area contributed by atoms with Crippen LogP contribution in [0, 0.1) is 0 Å². The van der Waals surface area contributed by atoms with Gasteiger partial charge in [0.05, 0.1) is 29.1 Å². The molecule has 9 nitrogen and oxygen atoms in total. The van der Waals surface area contributed by atoms with Crippen molar-refractivity contribution in [2.24, 2.45) is 0 Å². The highest BCUT2D eigenvalue weighted by Gasteiger charge is 2.20. The summed E-state index contributed by atoms with van der Waals surface area (Å²) in [6.45, 7) is 4.85. The van der Waals surface area contributed by atoms with Gasteiger partial charge in [-0.15, -0.1) is 0 Å². The number of piperazine rings is 1. The normalized spacial score (nSPS) is 15.0. The Morgan fingerprint density at radius 3 is 2.57 bits per heavy atom. The van der Waals surface area contributed by atoms with Crippen LogP contribution in [-0.2, 0) is 6.54 Å². The molecule has 0 aliphatic carbocycles. The van der Waals surface area contributed by atoms with Crippen LogP contribution in [0.4, 0.5) is 5.69 Å². The van der Waals surface area contributed by atoms with Crippen LogP contribution in [0.5, 0.6) is 0 Å². The van der Waals surface area contributed by atoms with Crippen molar-refractivity contribution >= 4 is 27.6 Å². The summed E-state index contributed by atoms with van der Waals surface area (Å²) in [4.78, 5) is 24.3. The number of H-pyrrole nitrogens is 2. The fraction of sp³-hybridized carbons (Fsp3) is 0.308. The van der Waals surface area contributed by atoms with Gasteiger partial charge in [0.1, 0.15) is 11.2 Å². The van der Waals surface area contributed by atoms with Crippen molar-refractivity contribution in [3.63, 3.8) is 0 Å². The van der Waals surface area contributed by atoms with Crippen molar-refractivity contribution in [2.75, 3.05) is 52.2 Å². The number of pyridine rings is 2. The summed E-state index contributed by atoms with van der Waals surface area (Å²) < 4.78 is 0. The van der Waals surface area contributed by atoms with Crippen LogP contribution in [0.15, 0.2) is 49.1 Å². The van der Waals surface area contributed by atoms with E-state index in [2.05, 4.69) is 85.3 Å². The smallest absolute Gasteiger partial charge is 0.159 e. The van der Waals surface area contributed by atoms with Gasteiger partial charge in [-0.2, -0.15) is 5.10 Å². The number of aromatic amines is 2. The fourth-order valence-corrected chi connectivity index (χ4v) is 4.78. The van der Waals surface area contributed by atoms with Gasteiger partial charge in [0.2, 0.25) is 0 Å². The van der Waals surface area contributed by atoms with Crippen molar-refractivity contribution in [1.82, 2.24) is 39.9 Å². The molecule has 9 heteroatoms. The van der Waals surface area contributed by atoms with Crippen molar-refractivity contribution in [3.8, 4) is 22.6 Å². The molecule has 35 heavy (non-hydrogen) atoms. The summed E-state index contributed by atoms with van der Waals surface area (Å²) in [5, 5.41) is 8.81. The van der Waals surface area contributed by atoms with Crippen molar-refractivity contribution in [2.45, 2.75) is 6.54 Å². The van der Waals surface area contributed by atoms with E-state index in [1.54, 1.807) is 0 Å². The van der Waals surface area contributed by atoms with Gasteiger partial charge in [-0.3, -0.25) is 15.1 Å². The Bertz CT molecular complexity index is 1490. The van der Waals surface area contributed by atoms with E-state index in [0.717, 1.165) is 83.0 Å². The number of nitrogens with zero attached hydrogens (tertiary/aromatic N) is 7. The molecule has 0 atom stereocenters. The molecule has 4 aromatic heterocycles. The predicted molar refractivity (Wildman–Crippen MR) is 139 cm³/mol. The number of nitrogens with one attached hydrogen (secondary N) is 2. The Labute approximate surface area is 203 Å². The number of hydrogen-bond donors (Lipinski definition) is 2. The summed E-state index contributed by atoms with van der Waals surface area (Å²) in [5.74, 6) is 0.742. The molecule has 5 heterocycles. The molecule has 1 aliphatic heterocycles. The Kier molecular flexibility index (Phi) is 5.43. The van der Waals surface area contributed by atoms with E-state index in [1.165, 1.54) is 5.56 Å². The maximum absolute atomic E-state index is 5.00. The Morgan fingerprint density at radius 2 is 1.74 bits per heavy atom. The monoisotopic (exact) mass is 467 g/mol. The van der Waals surface area contributed by atoms with Gasteiger partial charge in [0.15, 0.2) is 5.82 Å². The summed E-state index contributed by atoms with van der Waals surface area (Å²) in [6.07, 6.45) is 7.60. The number of likely N-dealkylation sites (N-methyl/N-ethyl adjacent to an activating group) is 1. The van der Waals surface area contributed by atoms with E-state index < -0.39 is 0 Å². The fourth-order valence-electron chi connectivity index (χ4n) is 4.78. The molecule has 0 amide bonds. The van der Waals surface area contributed by atoms with Gasteiger partial charge in [-0.25, -0.2) is 4.98 Å². The van der Waals surface area contributed by atoms with Gasteiger partial charge in [-0.1, -0.05) is 6.07 Å². The molecule has 178 valence electrons. The summed E-state index contributed by atoms with van der Waals surface area (Å²) in [6, 6.07) is 8.54. The lowest BCUT2D eigenvalue weighted by Crippen LogP contribution is -2.44. The third-order valence-electron chi connectivity index (χ3n) is 6.63. The molecular weight excluding hydrogens is 438 g/mol. The van der Waals surface area contributed by atoms with E-state index in [-0.39, 0.29) is 0 Å². The average Bonchev–Trinajstić information content (AvgIpc) is 3.48. The molecular formula is C26H29N9. The van der Waals surface area contributed by atoms with Gasteiger partial charge < -0.3 is 19.7 Å². The third kappa shape index (κ3) is 4.13. The van der Waals surface area contributed by atoms with Crippen LogP contribution in [0.3, 0.4) is 0 Å². The van der Waals surface area contributed by atoms with Crippen LogP contribution < -0.4 is 4.90 Å². The van der Waals surface area contributed by atoms with Crippen molar-refractivity contribution < 1.29 is 0 Å². The zero-order chi connectivity index (χ0) is 23.9. The van der Waals surface area contributed by atoms with Gasteiger partial charge >= 0.3 is 0 Å². The SMILES string of the molecule is CN(C)Cc1cncc(-c2ccc3[nH]nc(-c4nc5c(N6CCN(C)CC6)cncc5[nH]4)c3c2)c1. The lowest BCUT2D eigenvalue weighted by atomic mass is 10.0. The van der Waals surface area contributed by atoms with Crippen LogP contribution in [-0.4, -0.2) is 87.3 Å². The van der Waals surface area contributed by atoms with E-state index in [9.17, 15) is 0 Å². The number of benzene rings is 1. The van der Waals surface area contributed by atoms with Crippen LogP contribution >= 0.6 is 0 Å². The van der Waals surface area contributed by atoms with Gasteiger partial charge in [0.25, 0.3) is 0 Å². The van der Waals surface area contributed by atoms with Crippen LogP contribution in [0.25, 0.3) is 44.6 Å². The minimum atomic E-state index is 0.742. The predicted octanol–water partition coefficient (Wildman–Crippen LogP) is 3.38. The maximum Gasteiger partial charge on any atom is 0.159 e. The number of aromatic nitrogens is 6. The van der Waals surface area contributed by atoms with E-state index in [4.69, 9.17) is 4.98 Å². The van der Waals surface area contributed by atoms with Crippen molar-refractivity contribution in [1.29, 1.82) is 0 Å². The maximum atomic E-state index is 5.00. The van der Waals surface area contributed by atoms with E-state index in [1.807, 2.05) is 24.8 Å². The lowest BCUT2D eigenvalue weighted by molar-refractivity contribution is 0.313. The highest BCUT2D eigenvalue weighted by Crippen LogP contribution is 2.32. The minimum absolute atomic E-state index is 0.742. The molecule has 1 saturated heterocycles. The third-order valence-corrected chi connectivity index (χ3v) is 6.63. The molecule has 1 fully saturated rings. The standard InChI is InChI=1S/C26H29N9/c1-33(2)16-17-10-19(13-27-12-17)18-4-5-21-20(11-18)24(32-31-21)26-29-22-14-28-15-23(25(22)30-26)35-8-6-34(3)7-9-35/h4-5,10-15H,6-9,16H2,1-3H3,(H,29,30)(H,31,32).